The first-order valence-corrected chi connectivity index (χ1v) is 9.66. The van der Waals surface area contributed by atoms with Crippen LogP contribution in [0.2, 0.25) is 15.1 Å². The van der Waals surface area contributed by atoms with E-state index in [1.165, 1.54) is 29.5 Å². The number of benzene rings is 1. The molecule has 0 atom stereocenters. The summed E-state index contributed by atoms with van der Waals surface area (Å²) in [5, 5.41) is 14.8. The number of hydrogen-bond acceptors (Lipinski definition) is 6. The molecule has 0 saturated carbocycles. The summed E-state index contributed by atoms with van der Waals surface area (Å²) in [4.78, 5) is 16.1. The summed E-state index contributed by atoms with van der Waals surface area (Å²) >= 11 is 19.2. The van der Waals surface area contributed by atoms with Gasteiger partial charge in [0.15, 0.2) is 10.9 Å². The molecule has 1 N–H and O–H groups in total. The Bertz CT molecular complexity index is 1050. The van der Waals surface area contributed by atoms with Crippen LogP contribution in [-0.4, -0.2) is 10.9 Å². The predicted molar refractivity (Wildman–Crippen MR) is 109 cm³/mol. The third-order valence-corrected chi connectivity index (χ3v) is 4.78. The number of ether oxygens (including phenoxy) is 1. The van der Waals surface area contributed by atoms with Crippen molar-refractivity contribution in [1.82, 2.24) is 4.98 Å². The summed E-state index contributed by atoms with van der Waals surface area (Å²) in [6.45, 7) is 0.0438. The van der Waals surface area contributed by atoms with Gasteiger partial charge in [-0.05, 0) is 24.3 Å². The maximum atomic E-state index is 12.1. The molecule has 2 heterocycles. The molecule has 1 aromatic carbocycles. The van der Waals surface area contributed by atoms with E-state index in [4.69, 9.17) is 44.0 Å². The van der Waals surface area contributed by atoms with Crippen LogP contribution in [-0.2, 0) is 11.4 Å². The maximum Gasteiger partial charge on any atom is 0.268 e. The van der Waals surface area contributed by atoms with Gasteiger partial charge in [-0.25, -0.2) is 4.98 Å². The third kappa shape index (κ3) is 5.06. The van der Waals surface area contributed by atoms with Gasteiger partial charge in [-0.2, -0.15) is 5.26 Å². The van der Waals surface area contributed by atoms with E-state index < -0.39 is 5.91 Å². The number of nitrogens with zero attached hydrogens (tertiary/aromatic N) is 2. The van der Waals surface area contributed by atoms with Gasteiger partial charge in [0.25, 0.3) is 5.91 Å². The average Bonchev–Trinajstić information content (AvgIpc) is 3.30. The lowest BCUT2D eigenvalue weighted by Crippen LogP contribution is -2.13. The summed E-state index contributed by atoms with van der Waals surface area (Å²) in [7, 11) is 0. The highest BCUT2D eigenvalue weighted by molar-refractivity contribution is 7.13. The molecule has 3 aromatic rings. The standard InChI is InChI=1S/C18H10Cl3N3O3S/c19-11-6-14(20)16(15(21)7-11)26-9-13-2-1-12(27-13)5-10(8-22)17(25)24-18-23-3-4-28-18/h1-7H,9H2,(H,23,24,25). The van der Waals surface area contributed by atoms with Gasteiger partial charge >= 0.3 is 0 Å². The Morgan fingerprint density at radius 2 is 2.07 bits per heavy atom. The van der Waals surface area contributed by atoms with Crippen LogP contribution in [0.5, 0.6) is 5.75 Å². The molecule has 6 nitrogen and oxygen atoms in total. The van der Waals surface area contributed by atoms with Crippen LogP contribution in [0.15, 0.2) is 45.8 Å². The number of nitriles is 1. The van der Waals surface area contributed by atoms with Crippen molar-refractivity contribution in [3.63, 3.8) is 0 Å². The Morgan fingerprint density at radius 1 is 1.32 bits per heavy atom. The smallest absolute Gasteiger partial charge is 0.268 e. The highest BCUT2D eigenvalue weighted by Gasteiger charge is 2.13. The lowest BCUT2D eigenvalue weighted by atomic mass is 10.2. The summed E-state index contributed by atoms with van der Waals surface area (Å²) in [6.07, 6.45) is 2.88. The fourth-order valence-electron chi connectivity index (χ4n) is 2.10. The van der Waals surface area contributed by atoms with Crippen molar-refractivity contribution in [1.29, 1.82) is 5.26 Å². The van der Waals surface area contributed by atoms with E-state index in [0.717, 1.165) is 0 Å². The average molecular weight is 455 g/mol. The molecule has 0 aliphatic rings. The molecule has 0 spiro atoms. The number of furan rings is 1. The Hall–Kier alpha value is -2.50. The first-order chi connectivity index (χ1) is 13.5. The van der Waals surface area contributed by atoms with Crippen molar-refractivity contribution < 1.29 is 13.9 Å². The van der Waals surface area contributed by atoms with Gasteiger partial charge in [-0.3, -0.25) is 10.1 Å². The molecular formula is C18H10Cl3N3O3S. The van der Waals surface area contributed by atoms with Crippen LogP contribution in [0.1, 0.15) is 11.5 Å². The number of amides is 1. The molecule has 0 bridgehead atoms. The largest absolute Gasteiger partial charge is 0.483 e. The van der Waals surface area contributed by atoms with Crippen molar-refractivity contribution >= 4 is 63.3 Å². The van der Waals surface area contributed by atoms with E-state index in [1.54, 1.807) is 23.7 Å². The van der Waals surface area contributed by atoms with E-state index in [-0.39, 0.29) is 28.0 Å². The Labute approximate surface area is 178 Å². The number of carbonyl (C=O) groups is 1. The maximum absolute atomic E-state index is 12.1. The number of thiazole rings is 1. The molecular weight excluding hydrogens is 445 g/mol. The van der Waals surface area contributed by atoms with Gasteiger partial charge in [0.1, 0.15) is 29.8 Å². The lowest BCUT2D eigenvalue weighted by molar-refractivity contribution is -0.112. The Balaban J connectivity index is 1.68. The van der Waals surface area contributed by atoms with Crippen LogP contribution >= 0.6 is 46.1 Å². The van der Waals surface area contributed by atoms with Gasteiger partial charge in [0, 0.05) is 22.7 Å². The van der Waals surface area contributed by atoms with E-state index >= 15 is 0 Å². The SMILES string of the molecule is N#CC(=Cc1ccc(COc2c(Cl)cc(Cl)cc2Cl)o1)C(=O)Nc1nccs1. The second-order valence-corrected chi connectivity index (χ2v) is 7.40. The first kappa shape index (κ1) is 20.2. The van der Waals surface area contributed by atoms with Crippen molar-refractivity contribution in [2.24, 2.45) is 0 Å². The number of halogens is 3. The van der Waals surface area contributed by atoms with Crippen LogP contribution in [0.25, 0.3) is 6.08 Å². The normalized spacial score (nSPS) is 11.1. The minimum atomic E-state index is -0.577. The molecule has 0 unspecified atom stereocenters. The van der Waals surface area contributed by atoms with Crippen LogP contribution in [0, 0.1) is 11.3 Å². The Kier molecular flexibility index (Phi) is 6.60. The summed E-state index contributed by atoms with van der Waals surface area (Å²) in [5.74, 6) is 0.469. The summed E-state index contributed by atoms with van der Waals surface area (Å²) in [6, 6.07) is 8.13. The first-order valence-electron chi connectivity index (χ1n) is 7.65. The highest BCUT2D eigenvalue weighted by atomic mass is 35.5. The summed E-state index contributed by atoms with van der Waals surface area (Å²) < 4.78 is 11.2. The molecule has 1 amide bonds. The molecule has 10 heteroatoms. The quantitative estimate of drug-likeness (QED) is 0.374. The van der Waals surface area contributed by atoms with Gasteiger partial charge < -0.3 is 9.15 Å². The molecule has 0 aliphatic heterocycles. The van der Waals surface area contributed by atoms with Gasteiger partial charge in [0.05, 0.1) is 10.0 Å². The van der Waals surface area contributed by atoms with Crippen LogP contribution in [0.3, 0.4) is 0 Å². The van der Waals surface area contributed by atoms with Crippen molar-refractivity contribution in [3.05, 3.63) is 68.0 Å². The van der Waals surface area contributed by atoms with Crippen molar-refractivity contribution in [3.8, 4) is 11.8 Å². The molecule has 3 rings (SSSR count). The topological polar surface area (TPSA) is 88.1 Å². The van der Waals surface area contributed by atoms with Crippen LogP contribution in [0.4, 0.5) is 5.13 Å². The van der Waals surface area contributed by atoms with Crippen molar-refractivity contribution in [2.45, 2.75) is 6.61 Å². The molecule has 28 heavy (non-hydrogen) atoms. The number of carbonyl (C=O) groups excluding carboxylic acids is 1. The second-order valence-electron chi connectivity index (χ2n) is 5.25. The molecule has 0 radical (unpaired) electrons. The van der Waals surface area contributed by atoms with Gasteiger partial charge in [-0.1, -0.05) is 34.8 Å². The third-order valence-electron chi connectivity index (χ3n) is 3.31. The minimum Gasteiger partial charge on any atom is -0.483 e. The lowest BCUT2D eigenvalue weighted by Gasteiger charge is -2.08. The van der Waals surface area contributed by atoms with Crippen molar-refractivity contribution in [2.75, 3.05) is 5.32 Å². The fourth-order valence-corrected chi connectivity index (χ4v) is 3.55. The van der Waals surface area contributed by atoms with Crippen LogP contribution < -0.4 is 10.1 Å². The zero-order valence-electron chi connectivity index (χ0n) is 13.9. The number of nitrogens with one attached hydrogen (secondary N) is 1. The summed E-state index contributed by atoms with van der Waals surface area (Å²) in [5.41, 5.74) is -0.124. The van der Waals surface area contributed by atoms with E-state index in [9.17, 15) is 10.1 Å². The molecule has 0 saturated heterocycles. The minimum absolute atomic E-state index is 0.0438. The molecule has 0 aliphatic carbocycles. The zero-order chi connectivity index (χ0) is 20.1. The van der Waals surface area contributed by atoms with E-state index in [1.807, 2.05) is 6.07 Å². The number of aromatic nitrogens is 1. The Morgan fingerprint density at radius 3 is 2.71 bits per heavy atom. The number of anilines is 1. The molecule has 2 aromatic heterocycles. The predicted octanol–water partition coefficient (Wildman–Crippen LogP) is 5.82. The highest BCUT2D eigenvalue weighted by Crippen LogP contribution is 2.36. The monoisotopic (exact) mass is 453 g/mol. The molecule has 142 valence electrons. The zero-order valence-corrected chi connectivity index (χ0v) is 17.0. The van der Waals surface area contributed by atoms with Gasteiger partial charge in [0.2, 0.25) is 0 Å². The van der Waals surface area contributed by atoms with Gasteiger partial charge in [-0.15, -0.1) is 11.3 Å². The number of hydrogen-bond donors (Lipinski definition) is 1. The second kappa shape index (κ2) is 9.13. The van der Waals surface area contributed by atoms with E-state index in [0.29, 0.717) is 21.7 Å². The van der Waals surface area contributed by atoms with E-state index in [2.05, 4.69) is 10.3 Å². The number of rotatable bonds is 6. The fraction of sp³-hybridized carbons (Fsp3) is 0.0556. The molecule has 0 fully saturated rings.